The van der Waals surface area contributed by atoms with Gasteiger partial charge in [0.15, 0.2) is 0 Å². The third kappa shape index (κ3) is 4.92. The largest absolute Gasteiger partial charge is 0.493 e. The van der Waals surface area contributed by atoms with Crippen molar-refractivity contribution in [1.82, 2.24) is 4.31 Å². The highest BCUT2D eigenvalue weighted by Gasteiger charge is 2.28. The molecule has 0 bridgehead atoms. The number of para-hydroxylation sites is 1. The summed E-state index contributed by atoms with van der Waals surface area (Å²) >= 11 is 0. The zero-order valence-corrected chi connectivity index (χ0v) is 16.8. The van der Waals surface area contributed by atoms with E-state index in [0.29, 0.717) is 17.9 Å². The molecule has 0 amide bonds. The molecule has 1 saturated heterocycles. The number of sulfonamides is 1. The van der Waals surface area contributed by atoms with Crippen LogP contribution < -0.4 is 4.74 Å². The second kappa shape index (κ2) is 9.34. The summed E-state index contributed by atoms with van der Waals surface area (Å²) in [4.78, 5) is 12.3. The summed E-state index contributed by atoms with van der Waals surface area (Å²) in [6.07, 6.45) is 0. The number of carbonyl (C=O) groups is 1. The lowest BCUT2D eigenvalue weighted by Gasteiger charge is -2.26. The molecule has 1 fully saturated rings. The van der Waals surface area contributed by atoms with Gasteiger partial charge in [0, 0.05) is 18.7 Å². The summed E-state index contributed by atoms with van der Waals surface area (Å²) < 4.78 is 56.8. The van der Waals surface area contributed by atoms with E-state index in [1.54, 1.807) is 24.3 Å². The standard InChI is InChI=1S/C20H22FNO6S/c1-2-27-19-6-4-3-5-15(19)14-28-20(23)17-13-16(7-8-18(17)21)29(24,25)22-9-11-26-12-10-22/h3-8,13H,2,9-12,14H2,1H3. The van der Waals surface area contributed by atoms with Crippen LogP contribution in [0.4, 0.5) is 4.39 Å². The third-order valence-corrected chi connectivity index (χ3v) is 6.29. The maximum Gasteiger partial charge on any atom is 0.341 e. The molecule has 0 saturated carbocycles. The van der Waals surface area contributed by atoms with Gasteiger partial charge in [0.1, 0.15) is 18.2 Å². The molecule has 0 aliphatic carbocycles. The van der Waals surface area contributed by atoms with E-state index in [-0.39, 0.29) is 37.8 Å². The zero-order chi connectivity index (χ0) is 20.9. The SMILES string of the molecule is CCOc1ccccc1COC(=O)c1cc(S(=O)(=O)N2CCOCC2)ccc1F. The van der Waals surface area contributed by atoms with Gasteiger partial charge < -0.3 is 14.2 Å². The molecule has 7 nitrogen and oxygen atoms in total. The number of nitrogens with zero attached hydrogens (tertiary/aromatic N) is 1. The lowest BCUT2D eigenvalue weighted by molar-refractivity contribution is 0.0464. The van der Waals surface area contributed by atoms with Crippen LogP contribution in [0.15, 0.2) is 47.4 Å². The normalized spacial score (nSPS) is 15.1. The number of morpholine rings is 1. The van der Waals surface area contributed by atoms with Crippen molar-refractivity contribution in [2.24, 2.45) is 0 Å². The van der Waals surface area contributed by atoms with Crippen LogP contribution in [0.1, 0.15) is 22.8 Å². The number of benzene rings is 2. The predicted octanol–water partition coefficient (Wildman–Crippen LogP) is 2.60. The van der Waals surface area contributed by atoms with E-state index in [9.17, 15) is 17.6 Å². The van der Waals surface area contributed by atoms with Gasteiger partial charge in [-0.3, -0.25) is 0 Å². The fraction of sp³-hybridized carbons (Fsp3) is 0.350. The van der Waals surface area contributed by atoms with Crippen LogP contribution in [0.25, 0.3) is 0 Å². The van der Waals surface area contributed by atoms with Crippen LogP contribution in [0, 0.1) is 5.82 Å². The Labute approximate surface area is 169 Å². The highest BCUT2D eigenvalue weighted by Crippen LogP contribution is 2.23. The quantitative estimate of drug-likeness (QED) is 0.637. The second-order valence-electron chi connectivity index (χ2n) is 6.27. The first-order chi connectivity index (χ1) is 13.9. The van der Waals surface area contributed by atoms with Gasteiger partial charge in [-0.15, -0.1) is 0 Å². The van der Waals surface area contributed by atoms with Gasteiger partial charge in [0.05, 0.1) is 30.3 Å². The molecule has 0 N–H and O–H groups in total. The van der Waals surface area contributed by atoms with Gasteiger partial charge in [-0.25, -0.2) is 17.6 Å². The van der Waals surface area contributed by atoms with Crippen molar-refractivity contribution in [1.29, 1.82) is 0 Å². The average Bonchev–Trinajstić information content (AvgIpc) is 2.74. The second-order valence-corrected chi connectivity index (χ2v) is 8.21. The number of hydrogen-bond donors (Lipinski definition) is 0. The first kappa shape index (κ1) is 21.2. The molecular weight excluding hydrogens is 401 g/mol. The van der Waals surface area contributed by atoms with Crippen LogP contribution in [0.3, 0.4) is 0 Å². The molecule has 2 aromatic rings. The van der Waals surface area contributed by atoms with E-state index >= 15 is 0 Å². The summed E-state index contributed by atoms with van der Waals surface area (Å²) in [6, 6.07) is 10.1. The van der Waals surface area contributed by atoms with Gasteiger partial charge in [-0.2, -0.15) is 4.31 Å². The Morgan fingerprint density at radius 1 is 1.17 bits per heavy atom. The molecule has 9 heteroatoms. The van der Waals surface area contributed by atoms with Gasteiger partial charge >= 0.3 is 5.97 Å². The van der Waals surface area contributed by atoms with Crippen LogP contribution in [-0.2, 0) is 26.1 Å². The van der Waals surface area contributed by atoms with Gasteiger partial charge in [-0.05, 0) is 31.2 Å². The van der Waals surface area contributed by atoms with Crippen molar-refractivity contribution >= 4 is 16.0 Å². The van der Waals surface area contributed by atoms with Gasteiger partial charge in [0.25, 0.3) is 0 Å². The Bertz CT molecular complexity index is 973. The summed E-state index contributed by atoms with van der Waals surface area (Å²) in [5.41, 5.74) is 0.188. The topological polar surface area (TPSA) is 82.1 Å². The maximum atomic E-state index is 14.2. The van der Waals surface area contributed by atoms with Crippen molar-refractivity contribution in [3.63, 3.8) is 0 Å². The van der Waals surface area contributed by atoms with Crippen LogP contribution in [0.5, 0.6) is 5.75 Å². The summed E-state index contributed by atoms with van der Waals surface area (Å²) in [6.45, 7) is 3.12. The van der Waals surface area contributed by atoms with Crippen LogP contribution >= 0.6 is 0 Å². The molecule has 29 heavy (non-hydrogen) atoms. The maximum absolute atomic E-state index is 14.2. The number of esters is 1. The lowest BCUT2D eigenvalue weighted by Crippen LogP contribution is -2.40. The average molecular weight is 423 g/mol. The fourth-order valence-electron chi connectivity index (χ4n) is 2.90. The highest BCUT2D eigenvalue weighted by molar-refractivity contribution is 7.89. The number of halogens is 1. The first-order valence-corrected chi connectivity index (χ1v) is 10.6. The van der Waals surface area contributed by atoms with E-state index in [1.165, 1.54) is 4.31 Å². The first-order valence-electron chi connectivity index (χ1n) is 9.18. The number of hydrogen-bond acceptors (Lipinski definition) is 6. The monoisotopic (exact) mass is 423 g/mol. The Balaban J connectivity index is 1.78. The highest BCUT2D eigenvalue weighted by atomic mass is 32.2. The Morgan fingerprint density at radius 3 is 2.62 bits per heavy atom. The van der Waals surface area contributed by atoms with Crippen molar-refractivity contribution in [3.8, 4) is 5.75 Å². The molecule has 0 atom stereocenters. The molecule has 0 unspecified atom stereocenters. The van der Waals surface area contributed by atoms with E-state index < -0.39 is 27.4 Å². The number of carbonyl (C=O) groups excluding carboxylic acids is 1. The molecule has 1 aliphatic heterocycles. The van der Waals surface area contributed by atoms with E-state index in [2.05, 4.69) is 0 Å². The predicted molar refractivity (Wildman–Crippen MR) is 103 cm³/mol. The Kier molecular flexibility index (Phi) is 6.83. The zero-order valence-electron chi connectivity index (χ0n) is 16.0. The minimum atomic E-state index is -3.86. The van der Waals surface area contributed by atoms with Crippen LogP contribution in [-0.4, -0.2) is 51.6 Å². The molecule has 0 aromatic heterocycles. The van der Waals surface area contributed by atoms with Crippen molar-refractivity contribution in [3.05, 3.63) is 59.4 Å². The molecule has 3 rings (SSSR count). The van der Waals surface area contributed by atoms with Crippen molar-refractivity contribution in [2.75, 3.05) is 32.9 Å². The van der Waals surface area contributed by atoms with Gasteiger partial charge in [-0.1, -0.05) is 18.2 Å². The summed E-state index contributed by atoms with van der Waals surface area (Å²) in [5.74, 6) is -1.24. The van der Waals surface area contributed by atoms with Gasteiger partial charge in [0.2, 0.25) is 10.0 Å². The number of ether oxygens (including phenoxy) is 3. The molecule has 2 aromatic carbocycles. The van der Waals surface area contributed by atoms with Crippen molar-refractivity contribution in [2.45, 2.75) is 18.4 Å². The van der Waals surface area contributed by atoms with Crippen molar-refractivity contribution < 1.29 is 31.8 Å². The molecule has 0 spiro atoms. The number of rotatable bonds is 7. The lowest BCUT2D eigenvalue weighted by atomic mass is 10.2. The molecule has 156 valence electrons. The van der Waals surface area contributed by atoms with Crippen LogP contribution in [0.2, 0.25) is 0 Å². The third-order valence-electron chi connectivity index (χ3n) is 4.40. The molecule has 1 heterocycles. The Morgan fingerprint density at radius 2 is 1.90 bits per heavy atom. The molecule has 0 radical (unpaired) electrons. The molecule has 1 aliphatic rings. The molecular formula is C20H22FNO6S. The Hall–Kier alpha value is -2.49. The van der Waals surface area contributed by atoms with E-state index in [4.69, 9.17) is 14.2 Å². The van der Waals surface area contributed by atoms with E-state index in [0.717, 1.165) is 18.2 Å². The fourth-order valence-corrected chi connectivity index (χ4v) is 4.33. The minimum Gasteiger partial charge on any atom is -0.493 e. The van der Waals surface area contributed by atoms with E-state index in [1.807, 2.05) is 6.92 Å². The minimum absolute atomic E-state index is 0.130. The smallest absolute Gasteiger partial charge is 0.341 e. The summed E-state index contributed by atoms with van der Waals surface area (Å²) in [5, 5.41) is 0. The summed E-state index contributed by atoms with van der Waals surface area (Å²) in [7, 11) is -3.86.